The minimum Gasteiger partial charge on any atom is -0.369 e. The number of rotatable bonds is 4. The molecule has 8 nitrogen and oxygen atoms in total. The number of hydrogen-bond donors (Lipinski definition) is 0. The molecule has 1 aromatic heterocycles. The molecule has 0 N–H and O–H groups in total. The highest BCUT2D eigenvalue weighted by atomic mass is 32.2. The minimum absolute atomic E-state index is 0.0251. The van der Waals surface area contributed by atoms with Crippen LogP contribution in [0.1, 0.15) is 42.0 Å². The number of carbonyl (C=O) groups is 1. The van der Waals surface area contributed by atoms with Gasteiger partial charge in [-0.2, -0.15) is 5.10 Å². The highest BCUT2D eigenvalue weighted by Crippen LogP contribution is 2.45. The number of anilines is 3. The van der Waals surface area contributed by atoms with Gasteiger partial charge in [-0.3, -0.25) is 9.48 Å². The van der Waals surface area contributed by atoms with Gasteiger partial charge in [0.05, 0.1) is 17.7 Å². The van der Waals surface area contributed by atoms with Crippen LogP contribution in [-0.2, 0) is 41.2 Å². The van der Waals surface area contributed by atoms with E-state index >= 15 is 0 Å². The molecular formula is C28H31F2N5O3S. The molecule has 1 fully saturated rings. The number of benzene rings is 2. The first-order chi connectivity index (χ1) is 18.6. The zero-order chi connectivity index (χ0) is 27.5. The van der Waals surface area contributed by atoms with Crippen LogP contribution in [0.25, 0.3) is 11.1 Å². The van der Waals surface area contributed by atoms with E-state index in [0.717, 1.165) is 46.6 Å². The van der Waals surface area contributed by atoms with E-state index in [9.17, 15) is 22.0 Å². The van der Waals surface area contributed by atoms with Gasteiger partial charge in [0.2, 0.25) is 5.91 Å². The van der Waals surface area contributed by atoms with E-state index in [2.05, 4.69) is 21.0 Å². The van der Waals surface area contributed by atoms with Gasteiger partial charge < -0.3 is 14.7 Å². The Labute approximate surface area is 226 Å². The smallest absolute Gasteiger partial charge is 0.264 e. The highest BCUT2D eigenvalue weighted by Gasteiger charge is 2.32. The third-order valence-corrected chi connectivity index (χ3v) is 9.69. The van der Waals surface area contributed by atoms with E-state index in [4.69, 9.17) is 0 Å². The lowest BCUT2D eigenvalue weighted by atomic mass is 9.92. The molecule has 39 heavy (non-hydrogen) atoms. The zero-order valence-corrected chi connectivity index (χ0v) is 22.8. The molecular weight excluding hydrogens is 524 g/mol. The quantitative estimate of drug-likeness (QED) is 0.480. The van der Waals surface area contributed by atoms with Crippen molar-refractivity contribution in [3.8, 4) is 11.1 Å². The zero-order valence-electron chi connectivity index (χ0n) is 22.0. The number of nitrogens with zero attached hydrogens (tertiary/aromatic N) is 5. The summed E-state index contributed by atoms with van der Waals surface area (Å²) in [6.07, 6.45) is 2.33. The first-order valence-corrected chi connectivity index (χ1v) is 15.0. The molecule has 0 aliphatic carbocycles. The van der Waals surface area contributed by atoms with E-state index in [1.165, 1.54) is 0 Å². The van der Waals surface area contributed by atoms with Crippen molar-refractivity contribution in [1.29, 1.82) is 0 Å². The Morgan fingerprint density at radius 3 is 2.44 bits per heavy atom. The molecule has 0 radical (unpaired) electrons. The molecule has 11 heteroatoms. The van der Waals surface area contributed by atoms with E-state index in [1.807, 2.05) is 12.1 Å². The van der Waals surface area contributed by atoms with Crippen molar-refractivity contribution in [2.45, 2.75) is 39.3 Å². The molecule has 0 saturated carbocycles. The summed E-state index contributed by atoms with van der Waals surface area (Å²) in [5.74, 6) is 0.170. The first kappa shape index (κ1) is 25.8. The lowest BCUT2D eigenvalue weighted by molar-refractivity contribution is -0.129. The van der Waals surface area contributed by atoms with Crippen LogP contribution in [0.4, 0.5) is 25.8 Å². The summed E-state index contributed by atoms with van der Waals surface area (Å²) in [5, 5.41) is 4.18. The highest BCUT2D eigenvalue weighted by molar-refractivity contribution is 7.91. The second-order valence-electron chi connectivity index (χ2n) is 10.6. The van der Waals surface area contributed by atoms with Gasteiger partial charge in [0.1, 0.15) is 0 Å². The molecule has 2 aromatic carbocycles. The fourth-order valence-electron chi connectivity index (χ4n) is 5.98. The van der Waals surface area contributed by atoms with Crippen molar-refractivity contribution in [3.05, 3.63) is 58.9 Å². The third-order valence-electron chi connectivity index (χ3n) is 8.08. The largest absolute Gasteiger partial charge is 0.369 e. The van der Waals surface area contributed by atoms with Crippen LogP contribution in [0.15, 0.2) is 36.7 Å². The Balaban J connectivity index is 1.47. The van der Waals surface area contributed by atoms with E-state index in [0.29, 0.717) is 43.9 Å². The minimum atomic E-state index is -3.05. The number of halogens is 2. The molecule has 206 valence electrons. The Bertz CT molecular complexity index is 1560. The summed E-state index contributed by atoms with van der Waals surface area (Å²) in [5.41, 5.74) is 6.70. The van der Waals surface area contributed by atoms with Crippen LogP contribution >= 0.6 is 0 Å². The van der Waals surface area contributed by atoms with Crippen molar-refractivity contribution in [1.82, 2.24) is 14.7 Å². The third kappa shape index (κ3) is 4.77. The predicted octanol–water partition coefficient (Wildman–Crippen LogP) is 4.21. The number of sulfone groups is 1. The molecule has 0 unspecified atom stereocenters. The maximum Gasteiger partial charge on any atom is 0.264 e. The Morgan fingerprint density at radius 2 is 1.77 bits per heavy atom. The van der Waals surface area contributed by atoms with Gasteiger partial charge in [0.25, 0.3) is 6.43 Å². The van der Waals surface area contributed by atoms with Gasteiger partial charge in [-0.1, -0.05) is 0 Å². The summed E-state index contributed by atoms with van der Waals surface area (Å²) < 4.78 is 54.5. The molecule has 3 aromatic rings. The lowest BCUT2D eigenvalue weighted by Crippen LogP contribution is -2.40. The standard InChI is InChI=1S/C28H31F2N5O3S/c1-18(36)34-16-20-10-22(33-6-8-39(37,38)9-7-33)12-27(25(20)17-34)35-5-3-4-19-11-23(21-14-31-32(2)15-21)24(28(29)30)13-26(19)35/h10-15,28H,3-9,16-17H2,1-2H3. The molecule has 0 atom stereocenters. The van der Waals surface area contributed by atoms with Crippen LogP contribution in [0.2, 0.25) is 0 Å². The number of aryl methyl sites for hydroxylation is 2. The summed E-state index contributed by atoms with van der Waals surface area (Å²) in [4.78, 5) is 18.3. The Morgan fingerprint density at radius 1 is 1.00 bits per heavy atom. The van der Waals surface area contributed by atoms with Gasteiger partial charge >= 0.3 is 0 Å². The maximum atomic E-state index is 14.4. The number of alkyl halides is 2. The second kappa shape index (κ2) is 9.62. The molecule has 0 bridgehead atoms. The summed E-state index contributed by atoms with van der Waals surface area (Å²) in [6.45, 7) is 3.94. The Kier molecular flexibility index (Phi) is 6.36. The van der Waals surface area contributed by atoms with Gasteiger partial charge in [-0.05, 0) is 53.8 Å². The van der Waals surface area contributed by atoms with Crippen LogP contribution in [-0.4, -0.2) is 60.1 Å². The fourth-order valence-corrected chi connectivity index (χ4v) is 7.18. The van der Waals surface area contributed by atoms with Crippen molar-refractivity contribution < 1.29 is 22.0 Å². The molecule has 1 saturated heterocycles. The molecule has 1 amide bonds. The van der Waals surface area contributed by atoms with Crippen LogP contribution < -0.4 is 9.80 Å². The average molecular weight is 556 g/mol. The first-order valence-electron chi connectivity index (χ1n) is 13.2. The van der Waals surface area contributed by atoms with Crippen LogP contribution in [0.5, 0.6) is 0 Å². The topological polar surface area (TPSA) is 78.8 Å². The van der Waals surface area contributed by atoms with Gasteiger partial charge in [0, 0.05) is 86.6 Å². The molecule has 3 aliphatic rings. The average Bonchev–Trinajstić information content (AvgIpc) is 3.53. The second-order valence-corrected chi connectivity index (χ2v) is 12.9. The summed E-state index contributed by atoms with van der Waals surface area (Å²) in [7, 11) is -1.28. The fraction of sp³-hybridized carbons (Fsp3) is 0.429. The molecule has 4 heterocycles. The number of carbonyl (C=O) groups excluding carboxylic acids is 1. The number of hydrogen-bond acceptors (Lipinski definition) is 6. The van der Waals surface area contributed by atoms with E-state index in [-0.39, 0.29) is 23.0 Å². The van der Waals surface area contributed by atoms with E-state index < -0.39 is 16.3 Å². The predicted molar refractivity (Wildman–Crippen MR) is 146 cm³/mol. The van der Waals surface area contributed by atoms with Crippen molar-refractivity contribution in [2.24, 2.45) is 7.05 Å². The molecule has 6 rings (SSSR count). The summed E-state index contributed by atoms with van der Waals surface area (Å²) in [6, 6.07) is 7.60. The van der Waals surface area contributed by atoms with E-state index in [1.54, 1.807) is 42.0 Å². The normalized spacial score (nSPS) is 18.4. The Hall–Kier alpha value is -3.47. The van der Waals surface area contributed by atoms with Crippen LogP contribution in [0, 0.1) is 0 Å². The monoisotopic (exact) mass is 555 g/mol. The number of amides is 1. The SMILES string of the molecule is CC(=O)N1Cc2cc(N3CCS(=O)(=O)CC3)cc(N3CCCc4cc(-c5cnn(C)c5)c(C(F)F)cc43)c2C1. The van der Waals surface area contributed by atoms with Crippen molar-refractivity contribution in [2.75, 3.05) is 40.9 Å². The maximum absolute atomic E-state index is 14.4. The molecule has 0 spiro atoms. The van der Waals surface area contributed by atoms with Gasteiger partial charge in [0.15, 0.2) is 9.84 Å². The number of fused-ring (bicyclic) bond motifs is 2. The van der Waals surface area contributed by atoms with Crippen LogP contribution in [0.3, 0.4) is 0 Å². The lowest BCUT2D eigenvalue weighted by Gasteiger charge is -2.35. The van der Waals surface area contributed by atoms with Crippen molar-refractivity contribution >= 4 is 32.8 Å². The van der Waals surface area contributed by atoms with Gasteiger partial charge in [-0.25, -0.2) is 17.2 Å². The molecule has 3 aliphatic heterocycles. The van der Waals surface area contributed by atoms with Gasteiger partial charge in [-0.15, -0.1) is 0 Å². The number of aromatic nitrogens is 2. The van der Waals surface area contributed by atoms with Crippen molar-refractivity contribution in [3.63, 3.8) is 0 Å². The summed E-state index contributed by atoms with van der Waals surface area (Å²) >= 11 is 0.